The van der Waals surface area contributed by atoms with Crippen LogP contribution in [0, 0.1) is 0 Å². The molecule has 10 nitrogen and oxygen atoms in total. The van der Waals surface area contributed by atoms with E-state index < -0.39 is 6.04 Å². The van der Waals surface area contributed by atoms with E-state index in [0.29, 0.717) is 43.3 Å². The second-order valence-electron chi connectivity index (χ2n) is 11.7. The van der Waals surface area contributed by atoms with Crippen LogP contribution in [-0.4, -0.2) is 75.0 Å². The van der Waals surface area contributed by atoms with Crippen molar-refractivity contribution in [2.24, 2.45) is 0 Å². The number of rotatable bonds is 6. The van der Waals surface area contributed by atoms with Crippen LogP contribution in [-0.2, 0) is 24.1 Å². The fourth-order valence-corrected chi connectivity index (χ4v) is 7.31. The van der Waals surface area contributed by atoms with Gasteiger partial charge in [-0.3, -0.25) is 14.7 Å². The van der Waals surface area contributed by atoms with Gasteiger partial charge in [0.25, 0.3) is 0 Å². The number of aromatic amines is 2. The molecule has 0 bridgehead atoms. The molecule has 2 atom stereocenters. The molecule has 43 heavy (non-hydrogen) atoms. The highest BCUT2D eigenvalue weighted by Crippen LogP contribution is 2.38. The molecule has 0 spiro atoms. The van der Waals surface area contributed by atoms with Gasteiger partial charge in [0, 0.05) is 66.2 Å². The van der Waals surface area contributed by atoms with E-state index >= 15 is 0 Å². The fraction of sp³-hybridized carbons (Fsp3) is 0.484. The van der Waals surface area contributed by atoms with Crippen LogP contribution in [0.3, 0.4) is 0 Å². The SMILES string of the molecule is O=C(NCCc1c[nH]c(=O)[nH]1)[C@H]1CN(C2c3ccc(Cl)cc3CCc3cc(Br)cnc32)CCN1C(=O)NC1CCCCC1. The Kier molecular flexibility index (Phi) is 9.20. The molecule has 1 aromatic carbocycles. The zero-order chi connectivity index (χ0) is 29.9. The number of benzene rings is 1. The summed E-state index contributed by atoms with van der Waals surface area (Å²) in [5.41, 5.74) is 4.87. The van der Waals surface area contributed by atoms with E-state index in [-0.39, 0.29) is 29.7 Å². The molecule has 6 rings (SSSR count). The lowest BCUT2D eigenvalue weighted by molar-refractivity contribution is -0.127. The number of H-pyrrole nitrogens is 2. The molecular weight excluding hydrogens is 634 g/mol. The third-order valence-corrected chi connectivity index (χ3v) is 9.58. The first kappa shape index (κ1) is 29.9. The van der Waals surface area contributed by atoms with Crippen molar-refractivity contribution < 1.29 is 9.59 Å². The molecule has 0 radical (unpaired) electrons. The van der Waals surface area contributed by atoms with Gasteiger partial charge in [0.1, 0.15) is 6.04 Å². The number of aryl methyl sites for hydroxylation is 2. The molecule has 2 aliphatic carbocycles. The third-order valence-electron chi connectivity index (χ3n) is 8.91. The van der Waals surface area contributed by atoms with Crippen molar-refractivity contribution in [2.75, 3.05) is 26.2 Å². The van der Waals surface area contributed by atoms with Gasteiger partial charge in [0.2, 0.25) is 5.91 Å². The fourth-order valence-electron chi connectivity index (χ4n) is 6.74. The Balaban J connectivity index is 1.27. The Morgan fingerprint density at radius 1 is 1.09 bits per heavy atom. The van der Waals surface area contributed by atoms with E-state index in [2.05, 4.69) is 53.6 Å². The molecule has 1 unspecified atom stereocenters. The predicted octanol–water partition coefficient (Wildman–Crippen LogP) is 4.09. The topological polar surface area (TPSA) is 126 Å². The molecule has 1 saturated carbocycles. The minimum atomic E-state index is -0.694. The zero-order valence-corrected chi connectivity index (χ0v) is 26.3. The second-order valence-corrected chi connectivity index (χ2v) is 13.1. The minimum Gasteiger partial charge on any atom is -0.354 e. The Hall–Kier alpha value is -3.15. The minimum absolute atomic E-state index is 0.140. The Labute approximate surface area is 264 Å². The summed E-state index contributed by atoms with van der Waals surface area (Å²) >= 11 is 10.0. The van der Waals surface area contributed by atoms with Gasteiger partial charge in [-0.1, -0.05) is 36.9 Å². The zero-order valence-electron chi connectivity index (χ0n) is 24.0. The van der Waals surface area contributed by atoms with Crippen molar-refractivity contribution in [2.45, 2.75) is 69.5 Å². The molecule has 1 saturated heterocycles. The highest BCUT2D eigenvalue weighted by molar-refractivity contribution is 9.10. The maximum atomic E-state index is 13.8. The maximum absolute atomic E-state index is 13.8. The molecule has 228 valence electrons. The van der Waals surface area contributed by atoms with Gasteiger partial charge in [-0.15, -0.1) is 0 Å². The quantitative estimate of drug-likeness (QED) is 0.315. The number of aromatic nitrogens is 3. The molecule has 1 aliphatic heterocycles. The number of hydrogen-bond donors (Lipinski definition) is 4. The van der Waals surface area contributed by atoms with Crippen LogP contribution in [0.4, 0.5) is 4.79 Å². The number of amides is 3. The summed E-state index contributed by atoms with van der Waals surface area (Å²) in [6.45, 7) is 1.70. The van der Waals surface area contributed by atoms with Crippen molar-refractivity contribution in [3.05, 3.63) is 84.7 Å². The maximum Gasteiger partial charge on any atom is 0.323 e. The molecule has 12 heteroatoms. The molecule has 2 aromatic heterocycles. The number of hydrogen-bond acceptors (Lipinski definition) is 5. The number of halogens is 2. The standard InChI is InChI=1S/C31H37BrClN7O3/c32-21-14-20-7-6-19-15-22(33)8-9-25(19)28(27(20)35-16-21)39-12-13-40(31(43)38-23-4-2-1-3-5-23)26(18-39)29(41)34-11-10-24-17-36-30(42)37-24/h8-9,14-17,23,26,28H,1-7,10-13,18H2,(H,34,41)(H,38,43)(H2,36,37,42)/t26-,28?/m1/s1. The summed E-state index contributed by atoms with van der Waals surface area (Å²) in [5.74, 6) is -0.213. The summed E-state index contributed by atoms with van der Waals surface area (Å²) in [4.78, 5) is 53.1. The summed E-state index contributed by atoms with van der Waals surface area (Å²) in [7, 11) is 0. The second kappa shape index (κ2) is 13.2. The van der Waals surface area contributed by atoms with Crippen LogP contribution >= 0.6 is 27.5 Å². The highest BCUT2D eigenvalue weighted by atomic mass is 79.9. The van der Waals surface area contributed by atoms with Crippen LogP contribution in [0.25, 0.3) is 0 Å². The van der Waals surface area contributed by atoms with E-state index in [9.17, 15) is 14.4 Å². The first-order chi connectivity index (χ1) is 20.9. The number of piperazine rings is 1. The molecular formula is C31H37BrClN7O3. The van der Waals surface area contributed by atoms with Crippen molar-refractivity contribution in [1.82, 2.24) is 35.4 Å². The Morgan fingerprint density at radius 3 is 2.70 bits per heavy atom. The number of imidazole rings is 1. The van der Waals surface area contributed by atoms with Gasteiger partial charge in [-0.2, -0.15) is 0 Å². The van der Waals surface area contributed by atoms with Crippen molar-refractivity contribution >= 4 is 39.5 Å². The number of carbonyl (C=O) groups excluding carboxylic acids is 2. The first-order valence-corrected chi connectivity index (χ1v) is 16.3. The van der Waals surface area contributed by atoms with Gasteiger partial charge in [0.15, 0.2) is 0 Å². The average molecular weight is 671 g/mol. The summed E-state index contributed by atoms with van der Waals surface area (Å²) < 4.78 is 0.930. The van der Waals surface area contributed by atoms with E-state index in [0.717, 1.165) is 59.8 Å². The monoisotopic (exact) mass is 669 g/mol. The van der Waals surface area contributed by atoms with Crippen molar-refractivity contribution in [3.8, 4) is 0 Å². The van der Waals surface area contributed by atoms with Crippen LogP contribution < -0.4 is 16.3 Å². The smallest absolute Gasteiger partial charge is 0.323 e. The molecule has 3 aromatic rings. The lowest BCUT2D eigenvalue weighted by atomic mass is 9.95. The largest absolute Gasteiger partial charge is 0.354 e. The molecule has 4 N–H and O–H groups in total. The number of nitrogens with one attached hydrogen (secondary N) is 4. The number of urea groups is 1. The number of pyridine rings is 1. The van der Waals surface area contributed by atoms with Gasteiger partial charge < -0.3 is 25.5 Å². The van der Waals surface area contributed by atoms with Gasteiger partial charge >= 0.3 is 11.7 Å². The van der Waals surface area contributed by atoms with E-state index in [4.69, 9.17) is 16.6 Å². The van der Waals surface area contributed by atoms with E-state index in [1.54, 1.807) is 11.1 Å². The Bertz CT molecular complexity index is 1480. The van der Waals surface area contributed by atoms with Crippen molar-refractivity contribution in [3.63, 3.8) is 0 Å². The lowest BCUT2D eigenvalue weighted by Crippen LogP contribution is -2.63. The highest BCUT2D eigenvalue weighted by Gasteiger charge is 2.40. The number of nitrogens with zero attached hydrogens (tertiary/aromatic N) is 3. The Morgan fingerprint density at radius 2 is 1.91 bits per heavy atom. The summed E-state index contributed by atoms with van der Waals surface area (Å²) in [5, 5.41) is 6.94. The van der Waals surface area contributed by atoms with Crippen LogP contribution in [0.15, 0.2) is 45.9 Å². The van der Waals surface area contributed by atoms with Crippen LogP contribution in [0.2, 0.25) is 5.02 Å². The normalized spacial score (nSPS) is 21.0. The van der Waals surface area contributed by atoms with Crippen LogP contribution in [0.5, 0.6) is 0 Å². The molecule has 3 aliphatic rings. The number of carbonyl (C=O) groups is 2. The first-order valence-electron chi connectivity index (χ1n) is 15.1. The predicted molar refractivity (Wildman–Crippen MR) is 168 cm³/mol. The summed E-state index contributed by atoms with van der Waals surface area (Å²) in [6.07, 6.45) is 10.9. The third kappa shape index (κ3) is 6.84. The van der Waals surface area contributed by atoms with Crippen LogP contribution in [0.1, 0.15) is 66.2 Å². The van der Waals surface area contributed by atoms with Gasteiger partial charge in [-0.05, 0) is 76.5 Å². The summed E-state index contributed by atoms with van der Waals surface area (Å²) in [6, 6.07) is 7.25. The molecule has 3 heterocycles. The van der Waals surface area contributed by atoms with Crippen molar-refractivity contribution in [1.29, 1.82) is 0 Å². The lowest BCUT2D eigenvalue weighted by Gasteiger charge is -2.44. The molecule has 3 amide bonds. The van der Waals surface area contributed by atoms with E-state index in [1.807, 2.05) is 18.3 Å². The average Bonchev–Trinajstić information content (AvgIpc) is 3.35. The van der Waals surface area contributed by atoms with Gasteiger partial charge in [-0.25, -0.2) is 9.59 Å². The molecule has 2 fully saturated rings. The van der Waals surface area contributed by atoms with E-state index in [1.165, 1.54) is 12.0 Å². The van der Waals surface area contributed by atoms with Gasteiger partial charge in [0.05, 0.1) is 11.7 Å². The number of fused-ring (bicyclic) bond motifs is 2.